The number of ether oxygens (including phenoxy) is 1. The third-order valence-electron chi connectivity index (χ3n) is 3.29. The molecule has 122 valence electrons. The molecule has 0 aliphatic heterocycles. The molecule has 2 aromatic rings. The minimum absolute atomic E-state index is 0.170. The van der Waals surface area contributed by atoms with E-state index in [0.29, 0.717) is 19.7 Å². The van der Waals surface area contributed by atoms with E-state index in [2.05, 4.69) is 26.6 Å². The SMILES string of the molecule is Cc1ccc(OCCCNC(=O)NCc2ccccc2Br)cc1. The second kappa shape index (κ2) is 9.20. The Labute approximate surface area is 145 Å². The number of carbonyl (C=O) groups is 1. The maximum Gasteiger partial charge on any atom is 0.315 e. The molecular weight excluding hydrogens is 356 g/mol. The van der Waals surface area contributed by atoms with Gasteiger partial charge in [-0.15, -0.1) is 0 Å². The van der Waals surface area contributed by atoms with Gasteiger partial charge >= 0.3 is 6.03 Å². The lowest BCUT2D eigenvalue weighted by Crippen LogP contribution is -2.36. The highest BCUT2D eigenvalue weighted by Gasteiger charge is 2.02. The standard InChI is InChI=1S/C18H21BrN2O2/c1-14-7-9-16(10-8-14)23-12-4-11-20-18(22)21-13-15-5-2-3-6-17(15)19/h2-3,5-10H,4,11-13H2,1H3,(H2,20,21,22). The molecule has 0 aliphatic rings. The van der Waals surface area contributed by atoms with Gasteiger partial charge in [-0.25, -0.2) is 4.79 Å². The molecule has 0 unspecified atom stereocenters. The predicted octanol–water partition coefficient (Wildman–Crippen LogP) is 4.03. The molecule has 2 rings (SSSR count). The first-order chi connectivity index (χ1) is 11.1. The first kappa shape index (κ1) is 17.3. The molecule has 23 heavy (non-hydrogen) atoms. The average molecular weight is 377 g/mol. The van der Waals surface area contributed by atoms with E-state index in [1.54, 1.807) is 0 Å². The summed E-state index contributed by atoms with van der Waals surface area (Å²) in [5.41, 5.74) is 2.26. The van der Waals surface area contributed by atoms with Crippen LogP contribution in [0.1, 0.15) is 17.5 Å². The third-order valence-corrected chi connectivity index (χ3v) is 4.07. The van der Waals surface area contributed by atoms with Crippen molar-refractivity contribution in [3.63, 3.8) is 0 Å². The zero-order valence-electron chi connectivity index (χ0n) is 13.1. The molecule has 0 aliphatic carbocycles. The van der Waals surface area contributed by atoms with Crippen LogP contribution in [0.3, 0.4) is 0 Å². The van der Waals surface area contributed by atoms with E-state index < -0.39 is 0 Å². The van der Waals surface area contributed by atoms with E-state index in [0.717, 1.165) is 22.2 Å². The number of nitrogens with one attached hydrogen (secondary N) is 2. The molecule has 0 saturated heterocycles. The number of aryl methyl sites for hydroxylation is 1. The van der Waals surface area contributed by atoms with Gasteiger partial charge in [-0.3, -0.25) is 0 Å². The third kappa shape index (κ3) is 6.32. The number of amides is 2. The summed E-state index contributed by atoms with van der Waals surface area (Å²) >= 11 is 3.46. The number of carbonyl (C=O) groups excluding carboxylic acids is 1. The number of urea groups is 1. The van der Waals surface area contributed by atoms with Gasteiger partial charge in [-0.2, -0.15) is 0 Å². The van der Waals surface area contributed by atoms with E-state index in [-0.39, 0.29) is 6.03 Å². The molecule has 0 saturated carbocycles. The highest BCUT2D eigenvalue weighted by molar-refractivity contribution is 9.10. The fourth-order valence-corrected chi connectivity index (χ4v) is 2.40. The Morgan fingerprint density at radius 2 is 1.83 bits per heavy atom. The van der Waals surface area contributed by atoms with Crippen LogP contribution in [-0.4, -0.2) is 19.2 Å². The Kier molecular flexibility index (Phi) is 6.94. The van der Waals surface area contributed by atoms with Crippen molar-refractivity contribution in [2.24, 2.45) is 0 Å². The second-order valence-electron chi connectivity index (χ2n) is 5.22. The van der Waals surface area contributed by atoms with Gasteiger partial charge in [0.2, 0.25) is 0 Å². The first-order valence-electron chi connectivity index (χ1n) is 7.60. The van der Waals surface area contributed by atoms with Crippen LogP contribution < -0.4 is 15.4 Å². The topological polar surface area (TPSA) is 50.4 Å². The van der Waals surface area contributed by atoms with Crippen molar-refractivity contribution in [3.8, 4) is 5.75 Å². The lowest BCUT2D eigenvalue weighted by atomic mass is 10.2. The van der Waals surface area contributed by atoms with Gasteiger partial charge in [0.25, 0.3) is 0 Å². The van der Waals surface area contributed by atoms with Crippen LogP contribution in [0, 0.1) is 6.92 Å². The molecule has 4 nitrogen and oxygen atoms in total. The summed E-state index contributed by atoms with van der Waals surface area (Å²) < 4.78 is 6.60. The molecule has 0 fully saturated rings. The zero-order valence-corrected chi connectivity index (χ0v) is 14.7. The fraction of sp³-hybridized carbons (Fsp3) is 0.278. The van der Waals surface area contributed by atoms with Crippen molar-refractivity contribution < 1.29 is 9.53 Å². The Bertz CT molecular complexity index is 629. The number of halogens is 1. The number of hydrogen-bond acceptors (Lipinski definition) is 2. The summed E-state index contributed by atoms with van der Waals surface area (Å²) in [6.07, 6.45) is 0.760. The number of hydrogen-bond donors (Lipinski definition) is 2. The smallest absolute Gasteiger partial charge is 0.315 e. The van der Waals surface area contributed by atoms with Crippen LogP contribution in [0.5, 0.6) is 5.75 Å². The average Bonchev–Trinajstić information content (AvgIpc) is 2.55. The van der Waals surface area contributed by atoms with Crippen LogP contribution in [0.2, 0.25) is 0 Å². The molecular formula is C18H21BrN2O2. The first-order valence-corrected chi connectivity index (χ1v) is 8.39. The molecule has 0 atom stereocenters. The molecule has 0 radical (unpaired) electrons. The van der Waals surface area contributed by atoms with Gasteiger partial charge < -0.3 is 15.4 Å². The van der Waals surface area contributed by atoms with Crippen LogP contribution in [0.25, 0.3) is 0 Å². The van der Waals surface area contributed by atoms with Gasteiger partial charge in [-0.1, -0.05) is 51.8 Å². The van der Waals surface area contributed by atoms with Crippen molar-refractivity contribution in [2.45, 2.75) is 19.9 Å². The molecule has 0 bridgehead atoms. The molecule has 5 heteroatoms. The molecule has 0 aromatic heterocycles. The molecule has 0 heterocycles. The maximum atomic E-state index is 11.7. The highest BCUT2D eigenvalue weighted by Crippen LogP contribution is 2.15. The molecule has 2 N–H and O–H groups in total. The summed E-state index contributed by atoms with van der Waals surface area (Å²) in [6.45, 7) is 3.69. The van der Waals surface area contributed by atoms with Gasteiger partial charge in [0.1, 0.15) is 5.75 Å². The van der Waals surface area contributed by atoms with Crippen molar-refractivity contribution >= 4 is 22.0 Å². The quantitative estimate of drug-likeness (QED) is 0.716. The largest absolute Gasteiger partial charge is 0.494 e. The lowest BCUT2D eigenvalue weighted by molar-refractivity contribution is 0.238. The second-order valence-corrected chi connectivity index (χ2v) is 6.07. The van der Waals surface area contributed by atoms with Crippen LogP contribution in [0.15, 0.2) is 53.0 Å². The predicted molar refractivity (Wildman–Crippen MR) is 95.7 cm³/mol. The molecule has 2 aromatic carbocycles. The van der Waals surface area contributed by atoms with Gasteiger partial charge in [0.05, 0.1) is 6.61 Å². The van der Waals surface area contributed by atoms with Crippen molar-refractivity contribution in [1.29, 1.82) is 0 Å². The fourth-order valence-electron chi connectivity index (χ4n) is 1.98. The Hall–Kier alpha value is -2.01. The highest BCUT2D eigenvalue weighted by atomic mass is 79.9. The van der Waals surface area contributed by atoms with Crippen molar-refractivity contribution in [2.75, 3.05) is 13.2 Å². The Morgan fingerprint density at radius 3 is 2.57 bits per heavy atom. The lowest BCUT2D eigenvalue weighted by Gasteiger charge is -2.09. The Balaban J connectivity index is 1.58. The number of rotatable bonds is 7. The van der Waals surface area contributed by atoms with Crippen LogP contribution in [-0.2, 0) is 6.54 Å². The minimum Gasteiger partial charge on any atom is -0.494 e. The Morgan fingerprint density at radius 1 is 1.09 bits per heavy atom. The summed E-state index contributed by atoms with van der Waals surface area (Å²) in [6, 6.07) is 15.6. The van der Waals surface area contributed by atoms with Crippen molar-refractivity contribution in [1.82, 2.24) is 10.6 Å². The summed E-state index contributed by atoms with van der Waals surface area (Å²) in [4.78, 5) is 11.7. The van der Waals surface area contributed by atoms with Crippen LogP contribution >= 0.6 is 15.9 Å². The molecule has 2 amide bonds. The summed E-state index contributed by atoms with van der Waals surface area (Å²) in [5, 5.41) is 5.66. The van der Waals surface area contributed by atoms with Gasteiger partial charge in [-0.05, 0) is 37.1 Å². The summed E-state index contributed by atoms with van der Waals surface area (Å²) in [7, 11) is 0. The summed E-state index contributed by atoms with van der Waals surface area (Å²) in [5.74, 6) is 0.856. The number of benzene rings is 2. The van der Waals surface area contributed by atoms with E-state index in [4.69, 9.17) is 4.74 Å². The monoisotopic (exact) mass is 376 g/mol. The van der Waals surface area contributed by atoms with E-state index >= 15 is 0 Å². The van der Waals surface area contributed by atoms with Crippen LogP contribution in [0.4, 0.5) is 4.79 Å². The van der Waals surface area contributed by atoms with E-state index in [9.17, 15) is 4.79 Å². The zero-order chi connectivity index (χ0) is 16.5. The van der Waals surface area contributed by atoms with Crippen molar-refractivity contribution in [3.05, 3.63) is 64.1 Å². The minimum atomic E-state index is -0.170. The van der Waals surface area contributed by atoms with E-state index in [1.165, 1.54) is 5.56 Å². The van der Waals surface area contributed by atoms with Gasteiger partial charge in [0, 0.05) is 17.6 Å². The van der Waals surface area contributed by atoms with E-state index in [1.807, 2.05) is 55.5 Å². The normalized spacial score (nSPS) is 10.2. The maximum absolute atomic E-state index is 11.7. The molecule has 0 spiro atoms. The van der Waals surface area contributed by atoms with Gasteiger partial charge in [0.15, 0.2) is 0 Å².